The van der Waals surface area contributed by atoms with Crippen LogP contribution in [0.1, 0.15) is 42.9 Å². The van der Waals surface area contributed by atoms with Gasteiger partial charge in [0, 0.05) is 37.8 Å². The summed E-state index contributed by atoms with van der Waals surface area (Å²) in [5, 5.41) is 10.7. The second-order valence-corrected chi connectivity index (χ2v) is 14.5. The number of nitrogens with zero attached hydrogens (tertiary/aromatic N) is 6. The van der Waals surface area contributed by atoms with E-state index in [4.69, 9.17) is 16.0 Å². The summed E-state index contributed by atoms with van der Waals surface area (Å²) in [4.78, 5) is 13.8. The third-order valence-electron chi connectivity index (χ3n) is 9.45. The Morgan fingerprint density at radius 3 is 2.04 bits per heavy atom. The lowest BCUT2D eigenvalue weighted by molar-refractivity contribution is -0.274. The summed E-state index contributed by atoms with van der Waals surface area (Å²) in [6.45, 7) is 4.72. The Balaban J connectivity index is 0.000000252. The topological polar surface area (TPSA) is 145 Å². The maximum atomic E-state index is 11.7. The van der Waals surface area contributed by atoms with E-state index in [-0.39, 0.29) is 4.90 Å². The summed E-state index contributed by atoms with van der Waals surface area (Å²) in [5.41, 5.74) is 11.8. The average Bonchev–Trinajstić information content (AvgIpc) is 3.50. The van der Waals surface area contributed by atoms with Gasteiger partial charge in [0.05, 0.1) is 16.3 Å². The van der Waals surface area contributed by atoms with Crippen molar-refractivity contribution < 1.29 is 26.3 Å². The molecule has 0 unspecified atom stereocenters. The van der Waals surface area contributed by atoms with Crippen LogP contribution in [-0.2, 0) is 16.4 Å². The fourth-order valence-corrected chi connectivity index (χ4v) is 7.27. The molecule has 3 aromatic carbocycles. The highest BCUT2D eigenvalue weighted by atomic mass is 32.2. The van der Waals surface area contributed by atoms with Gasteiger partial charge in [0.15, 0.2) is 5.65 Å². The molecule has 0 amide bonds. The van der Waals surface area contributed by atoms with Gasteiger partial charge < -0.3 is 15.4 Å². The summed E-state index contributed by atoms with van der Waals surface area (Å²) in [7, 11) is -1.68. The first-order chi connectivity index (χ1) is 24.3. The number of likely N-dealkylation sites (N-methyl/N-ethyl adjacent to an activating group) is 1. The minimum atomic E-state index is -4.80. The molecule has 2 aliphatic rings. The number of halogens is 3. The van der Waals surface area contributed by atoms with Crippen molar-refractivity contribution in [2.75, 3.05) is 39.0 Å². The minimum absolute atomic E-state index is 0.281. The van der Waals surface area contributed by atoms with Gasteiger partial charge in [-0.25, -0.2) is 28.2 Å². The van der Waals surface area contributed by atoms with E-state index >= 15 is 0 Å². The molecular weight excluding hydrogens is 682 g/mol. The number of fused-ring (bicyclic) bond motifs is 1. The van der Waals surface area contributed by atoms with Crippen molar-refractivity contribution in [3.05, 3.63) is 96.3 Å². The van der Waals surface area contributed by atoms with Crippen LogP contribution in [0.25, 0.3) is 22.3 Å². The number of ether oxygens (including phenoxy) is 1. The van der Waals surface area contributed by atoms with Crippen LogP contribution in [0.3, 0.4) is 0 Å². The van der Waals surface area contributed by atoms with Crippen LogP contribution in [0.15, 0.2) is 90.1 Å². The summed E-state index contributed by atoms with van der Waals surface area (Å²) in [5.74, 6) is -0.00404. The lowest BCUT2D eigenvalue weighted by Crippen LogP contribution is -2.49. The molecule has 15 heteroatoms. The van der Waals surface area contributed by atoms with Gasteiger partial charge in [-0.05, 0) is 74.5 Å². The Kier molecular flexibility index (Phi) is 10.9. The molecule has 51 heavy (non-hydrogen) atoms. The van der Waals surface area contributed by atoms with E-state index in [0.717, 1.165) is 65.8 Å². The number of benzene rings is 3. The molecule has 0 spiro atoms. The van der Waals surface area contributed by atoms with E-state index in [1.165, 1.54) is 50.1 Å². The minimum Gasteiger partial charge on any atom is -0.406 e. The monoisotopic (exact) mass is 722 g/mol. The predicted octanol–water partition coefficient (Wildman–Crippen LogP) is 5.63. The molecule has 0 radical (unpaired) electrons. The maximum absolute atomic E-state index is 11.7. The fourth-order valence-electron chi connectivity index (χ4n) is 6.75. The largest absolute Gasteiger partial charge is 0.573 e. The molecule has 5 aromatic rings. The number of rotatable bonds is 7. The maximum Gasteiger partial charge on any atom is 0.573 e. The van der Waals surface area contributed by atoms with Crippen LogP contribution in [0.2, 0.25) is 0 Å². The standard InChI is InChI=1S/C29H35N7.C7H6F3NO3S/c1-34-15-17-35(18-16-34)24-11-13-25(14-12-24)36-29-26(28(30)31-20-32-29)27(33-36)23-9-7-22(8-10-23)19-21-5-3-2-4-6-21;8-7(9,10)14-5-1-3-6(4-2-5)15(11,12)13/h2-10,20,24-25H,11-19H2,1H3,(H2,30,31,32);1-4H,(H2,11,12,13). The van der Waals surface area contributed by atoms with Gasteiger partial charge in [-0.3, -0.25) is 4.90 Å². The predicted molar refractivity (Wildman–Crippen MR) is 189 cm³/mol. The fraction of sp³-hybridized carbons (Fsp3) is 0.361. The van der Waals surface area contributed by atoms with E-state index in [0.29, 0.717) is 17.9 Å². The number of primary sulfonamides is 1. The van der Waals surface area contributed by atoms with Crippen LogP contribution in [0, 0.1) is 0 Å². The van der Waals surface area contributed by atoms with Gasteiger partial charge in [-0.1, -0.05) is 54.6 Å². The van der Waals surface area contributed by atoms with Crippen molar-refractivity contribution in [3.63, 3.8) is 0 Å². The average molecular weight is 723 g/mol. The SMILES string of the molecule is CN1CCN(C2CCC(n3nc(-c4ccc(Cc5ccccc5)cc4)c4c(N)ncnc43)CC2)CC1.NS(=O)(=O)c1ccc(OC(F)(F)F)cc1. The highest BCUT2D eigenvalue weighted by Gasteiger charge is 2.32. The number of alkyl halides is 3. The molecule has 11 nitrogen and oxygen atoms in total. The second-order valence-electron chi connectivity index (χ2n) is 13.0. The van der Waals surface area contributed by atoms with Crippen molar-refractivity contribution in [3.8, 4) is 17.0 Å². The smallest absolute Gasteiger partial charge is 0.406 e. The molecule has 7 rings (SSSR count). The third kappa shape index (κ3) is 9.22. The Labute approximate surface area is 295 Å². The lowest BCUT2D eigenvalue weighted by Gasteiger charge is -2.41. The zero-order valence-electron chi connectivity index (χ0n) is 28.2. The Morgan fingerprint density at radius 2 is 1.43 bits per heavy atom. The van der Waals surface area contributed by atoms with Crippen LogP contribution >= 0.6 is 0 Å². The van der Waals surface area contributed by atoms with Crippen LogP contribution in [0.5, 0.6) is 5.75 Å². The van der Waals surface area contributed by atoms with Crippen LogP contribution < -0.4 is 15.6 Å². The molecule has 2 fully saturated rings. The number of nitrogen functional groups attached to an aromatic ring is 1. The summed E-state index contributed by atoms with van der Waals surface area (Å²) in [6, 6.07) is 23.9. The van der Waals surface area contributed by atoms with E-state index in [1.807, 2.05) is 0 Å². The molecule has 1 saturated heterocycles. The van der Waals surface area contributed by atoms with Crippen molar-refractivity contribution in [2.45, 2.75) is 55.4 Å². The first-order valence-corrected chi connectivity index (χ1v) is 18.3. The molecule has 2 aromatic heterocycles. The first kappa shape index (κ1) is 36.2. The number of hydrogen-bond acceptors (Lipinski definition) is 9. The van der Waals surface area contributed by atoms with Crippen molar-refractivity contribution in [1.82, 2.24) is 29.5 Å². The van der Waals surface area contributed by atoms with Gasteiger partial charge in [0.1, 0.15) is 23.6 Å². The molecule has 0 bridgehead atoms. The van der Waals surface area contributed by atoms with Crippen molar-refractivity contribution in [2.24, 2.45) is 5.14 Å². The van der Waals surface area contributed by atoms with E-state index in [1.54, 1.807) is 6.33 Å². The molecule has 3 heterocycles. The number of sulfonamides is 1. The summed E-state index contributed by atoms with van der Waals surface area (Å²) in [6.07, 6.45) is 2.33. The van der Waals surface area contributed by atoms with Crippen LogP contribution in [-0.4, -0.2) is 83.6 Å². The van der Waals surface area contributed by atoms with Gasteiger partial charge in [-0.15, -0.1) is 13.2 Å². The van der Waals surface area contributed by atoms with Crippen molar-refractivity contribution >= 4 is 26.9 Å². The molecule has 1 aliphatic heterocycles. The molecule has 4 N–H and O–H groups in total. The first-order valence-electron chi connectivity index (χ1n) is 16.8. The third-order valence-corrected chi connectivity index (χ3v) is 10.4. The lowest BCUT2D eigenvalue weighted by atomic mass is 9.90. The normalized spacial score (nSPS) is 19.0. The number of nitrogens with two attached hydrogens (primary N) is 2. The van der Waals surface area contributed by atoms with Crippen molar-refractivity contribution in [1.29, 1.82) is 0 Å². The van der Waals surface area contributed by atoms with E-state index in [2.05, 4.69) is 90.8 Å². The van der Waals surface area contributed by atoms with Gasteiger partial charge in [-0.2, -0.15) is 5.10 Å². The Bertz CT molecular complexity index is 2010. The van der Waals surface area contributed by atoms with E-state index in [9.17, 15) is 21.6 Å². The van der Waals surface area contributed by atoms with Gasteiger partial charge in [0.2, 0.25) is 10.0 Å². The number of hydrogen-bond donors (Lipinski definition) is 2. The van der Waals surface area contributed by atoms with Gasteiger partial charge in [0.25, 0.3) is 0 Å². The Hall–Kier alpha value is -4.57. The number of piperazine rings is 1. The van der Waals surface area contributed by atoms with Gasteiger partial charge >= 0.3 is 6.36 Å². The highest BCUT2D eigenvalue weighted by Crippen LogP contribution is 2.37. The summed E-state index contributed by atoms with van der Waals surface area (Å²) >= 11 is 0. The quantitative estimate of drug-likeness (QED) is 0.218. The highest BCUT2D eigenvalue weighted by molar-refractivity contribution is 7.89. The molecule has 1 saturated carbocycles. The van der Waals surface area contributed by atoms with E-state index < -0.39 is 22.1 Å². The molecule has 0 atom stereocenters. The van der Waals surface area contributed by atoms with Crippen LogP contribution in [0.4, 0.5) is 19.0 Å². The number of aromatic nitrogens is 4. The summed E-state index contributed by atoms with van der Waals surface area (Å²) < 4.78 is 62.3. The Morgan fingerprint density at radius 1 is 0.824 bits per heavy atom. The molecular formula is C36H41F3N8O3S. The zero-order valence-corrected chi connectivity index (χ0v) is 29.0. The second kappa shape index (κ2) is 15.4. The number of anilines is 1. The molecule has 1 aliphatic carbocycles. The molecule has 270 valence electrons. The zero-order chi connectivity index (χ0) is 36.2.